The Morgan fingerprint density at radius 1 is 0.800 bits per heavy atom. The van der Waals surface area contributed by atoms with Crippen LogP contribution in [0.3, 0.4) is 0 Å². The normalized spacial score (nSPS) is 8.72. The second-order valence-electron chi connectivity index (χ2n) is 4.95. The Bertz CT molecular complexity index is 508. The van der Waals surface area contributed by atoms with E-state index in [4.69, 9.17) is 9.47 Å². The van der Waals surface area contributed by atoms with Gasteiger partial charge in [0, 0.05) is 24.5 Å². The first kappa shape index (κ1) is 25.1. The van der Waals surface area contributed by atoms with E-state index in [0.29, 0.717) is 18.4 Å². The second kappa shape index (κ2) is 16.7. The zero-order valence-electron chi connectivity index (χ0n) is 17.5. The van der Waals surface area contributed by atoms with Crippen LogP contribution in [0.2, 0.25) is 0 Å². The van der Waals surface area contributed by atoms with Crippen LogP contribution in [0.1, 0.15) is 59.6 Å². The van der Waals surface area contributed by atoms with E-state index in [1.807, 2.05) is 86.6 Å². The lowest BCUT2D eigenvalue weighted by molar-refractivity contribution is 0.232. The van der Waals surface area contributed by atoms with Crippen molar-refractivity contribution in [2.45, 2.75) is 68.4 Å². The summed E-state index contributed by atoms with van der Waals surface area (Å²) in [4.78, 5) is 8.14. The van der Waals surface area contributed by atoms with Crippen LogP contribution in [0.5, 0.6) is 11.8 Å². The highest BCUT2D eigenvalue weighted by Gasteiger charge is 1.96. The Labute approximate surface area is 154 Å². The molecule has 142 valence electrons. The van der Waals surface area contributed by atoms with Crippen molar-refractivity contribution >= 4 is 0 Å². The maximum absolute atomic E-state index is 5.36. The van der Waals surface area contributed by atoms with Crippen molar-refractivity contribution in [3.63, 3.8) is 0 Å². The molecule has 0 saturated carbocycles. The third kappa shape index (κ3) is 14.0. The predicted octanol–water partition coefficient (Wildman–Crippen LogP) is 6.02. The van der Waals surface area contributed by atoms with E-state index < -0.39 is 0 Å². The first-order chi connectivity index (χ1) is 12.0. The highest BCUT2D eigenvalue weighted by Crippen LogP contribution is 2.08. The van der Waals surface area contributed by atoms with Gasteiger partial charge in [-0.2, -0.15) is 0 Å². The minimum Gasteiger partial charge on any atom is -0.478 e. The standard InChI is InChI=1S/C9H13NO.C8H11NO.2C2H6/c1-7(2)11-9-5-4-8(3)6-10-9;1-3-10-8-5-4-7(2)6-9-8;2*1-2/h4-7H,1-3H3;4-6H,3H2,1-2H3;2*1-2H3. The topological polar surface area (TPSA) is 44.2 Å². The van der Waals surface area contributed by atoms with Gasteiger partial charge in [-0.05, 0) is 45.7 Å². The minimum absolute atomic E-state index is 0.199. The minimum atomic E-state index is 0.199. The zero-order valence-corrected chi connectivity index (χ0v) is 17.5. The largest absolute Gasteiger partial charge is 0.478 e. The first-order valence-corrected chi connectivity index (χ1v) is 9.16. The third-order valence-corrected chi connectivity index (χ3v) is 2.42. The molecule has 0 bridgehead atoms. The lowest BCUT2D eigenvalue weighted by atomic mass is 10.3. The number of nitrogens with zero attached hydrogens (tertiary/aromatic N) is 2. The summed E-state index contributed by atoms with van der Waals surface area (Å²) in [6.45, 7) is 18.6. The number of hydrogen-bond donors (Lipinski definition) is 0. The van der Waals surface area contributed by atoms with Gasteiger partial charge in [0.1, 0.15) is 0 Å². The van der Waals surface area contributed by atoms with Crippen LogP contribution in [0.15, 0.2) is 36.7 Å². The molecule has 2 rings (SSSR count). The molecule has 4 heteroatoms. The summed E-state index contributed by atoms with van der Waals surface area (Å²) in [5, 5.41) is 0. The number of aryl methyl sites for hydroxylation is 2. The fraction of sp³-hybridized carbons (Fsp3) is 0.524. The first-order valence-electron chi connectivity index (χ1n) is 9.16. The van der Waals surface area contributed by atoms with E-state index in [1.165, 1.54) is 0 Å². The lowest BCUT2D eigenvalue weighted by Crippen LogP contribution is -2.06. The Morgan fingerprint density at radius 3 is 1.56 bits per heavy atom. The van der Waals surface area contributed by atoms with Gasteiger partial charge in [-0.3, -0.25) is 0 Å². The van der Waals surface area contributed by atoms with E-state index in [-0.39, 0.29) is 6.10 Å². The highest BCUT2D eigenvalue weighted by molar-refractivity contribution is 5.16. The van der Waals surface area contributed by atoms with Crippen LogP contribution in [0, 0.1) is 13.8 Å². The van der Waals surface area contributed by atoms with Crippen molar-refractivity contribution in [3.05, 3.63) is 47.8 Å². The Morgan fingerprint density at radius 2 is 1.24 bits per heavy atom. The maximum atomic E-state index is 5.36. The van der Waals surface area contributed by atoms with E-state index in [9.17, 15) is 0 Å². The molecule has 0 saturated heterocycles. The smallest absolute Gasteiger partial charge is 0.213 e. The van der Waals surface area contributed by atoms with Gasteiger partial charge in [0.2, 0.25) is 11.8 Å². The molecular weight excluding hydrogens is 312 g/mol. The maximum Gasteiger partial charge on any atom is 0.213 e. The van der Waals surface area contributed by atoms with Crippen molar-refractivity contribution in [1.82, 2.24) is 9.97 Å². The highest BCUT2D eigenvalue weighted by atomic mass is 16.5. The van der Waals surface area contributed by atoms with Gasteiger partial charge in [-0.1, -0.05) is 39.8 Å². The van der Waals surface area contributed by atoms with Crippen LogP contribution >= 0.6 is 0 Å². The molecule has 0 spiro atoms. The molecule has 0 aliphatic carbocycles. The van der Waals surface area contributed by atoms with Crippen LogP contribution in [0.25, 0.3) is 0 Å². The number of ether oxygens (including phenoxy) is 2. The molecule has 0 amide bonds. The SMILES string of the molecule is CC.CC.CCOc1ccc(C)cn1.Cc1ccc(OC(C)C)nc1. The molecule has 0 unspecified atom stereocenters. The molecule has 0 atom stereocenters. The number of aromatic nitrogens is 2. The fourth-order valence-electron chi connectivity index (χ4n) is 1.45. The van der Waals surface area contributed by atoms with Crippen molar-refractivity contribution in [2.75, 3.05) is 6.61 Å². The molecule has 0 aliphatic heterocycles. The van der Waals surface area contributed by atoms with Crippen molar-refractivity contribution in [3.8, 4) is 11.8 Å². The van der Waals surface area contributed by atoms with E-state index >= 15 is 0 Å². The van der Waals surface area contributed by atoms with Gasteiger partial charge in [-0.15, -0.1) is 0 Å². The van der Waals surface area contributed by atoms with Crippen molar-refractivity contribution in [2.24, 2.45) is 0 Å². The van der Waals surface area contributed by atoms with Crippen LogP contribution < -0.4 is 9.47 Å². The van der Waals surface area contributed by atoms with E-state index in [2.05, 4.69) is 9.97 Å². The lowest BCUT2D eigenvalue weighted by Gasteiger charge is -2.07. The summed E-state index contributed by atoms with van der Waals surface area (Å²) in [6, 6.07) is 7.73. The zero-order chi connectivity index (χ0) is 19.7. The van der Waals surface area contributed by atoms with Crippen molar-refractivity contribution in [1.29, 1.82) is 0 Å². The van der Waals surface area contributed by atoms with Gasteiger partial charge in [0.15, 0.2) is 0 Å². The van der Waals surface area contributed by atoms with Crippen molar-refractivity contribution < 1.29 is 9.47 Å². The Hall–Kier alpha value is -2.10. The molecule has 0 aromatic carbocycles. The molecule has 0 N–H and O–H groups in total. The number of hydrogen-bond acceptors (Lipinski definition) is 4. The molecule has 0 aliphatic rings. The summed E-state index contributed by atoms with van der Waals surface area (Å²) >= 11 is 0. The van der Waals surface area contributed by atoms with Gasteiger partial charge in [0.25, 0.3) is 0 Å². The molecular formula is C21H36N2O2. The predicted molar refractivity (Wildman–Crippen MR) is 108 cm³/mol. The molecule has 0 fully saturated rings. The summed E-state index contributed by atoms with van der Waals surface area (Å²) in [5.41, 5.74) is 2.31. The van der Waals surface area contributed by atoms with Crippen LogP contribution in [0.4, 0.5) is 0 Å². The Balaban J connectivity index is 0. The van der Waals surface area contributed by atoms with Crippen LogP contribution in [-0.4, -0.2) is 22.7 Å². The number of pyridine rings is 2. The van der Waals surface area contributed by atoms with Gasteiger partial charge in [0.05, 0.1) is 12.7 Å². The quantitative estimate of drug-likeness (QED) is 0.678. The van der Waals surface area contributed by atoms with E-state index in [1.54, 1.807) is 12.4 Å². The summed E-state index contributed by atoms with van der Waals surface area (Å²) in [5.74, 6) is 1.40. The molecule has 2 heterocycles. The fourth-order valence-corrected chi connectivity index (χ4v) is 1.45. The number of rotatable bonds is 4. The average Bonchev–Trinajstić information content (AvgIpc) is 2.63. The molecule has 2 aromatic heterocycles. The van der Waals surface area contributed by atoms with Gasteiger partial charge >= 0.3 is 0 Å². The van der Waals surface area contributed by atoms with Crippen LogP contribution in [-0.2, 0) is 0 Å². The van der Waals surface area contributed by atoms with Gasteiger partial charge in [-0.25, -0.2) is 9.97 Å². The average molecular weight is 349 g/mol. The molecule has 2 aromatic rings. The monoisotopic (exact) mass is 348 g/mol. The van der Waals surface area contributed by atoms with Gasteiger partial charge < -0.3 is 9.47 Å². The summed E-state index contributed by atoms with van der Waals surface area (Å²) in [7, 11) is 0. The molecule has 0 radical (unpaired) electrons. The summed E-state index contributed by atoms with van der Waals surface area (Å²) in [6.07, 6.45) is 3.80. The third-order valence-electron chi connectivity index (χ3n) is 2.42. The molecule has 25 heavy (non-hydrogen) atoms. The Kier molecular flexibility index (Phi) is 16.8. The molecule has 4 nitrogen and oxygen atoms in total. The summed E-state index contributed by atoms with van der Waals surface area (Å²) < 4.78 is 10.5. The van der Waals surface area contributed by atoms with E-state index in [0.717, 1.165) is 11.1 Å². The second-order valence-corrected chi connectivity index (χ2v) is 4.95.